The Morgan fingerprint density at radius 3 is 2.44 bits per heavy atom. The molecule has 2 aromatic heterocycles. The van der Waals surface area contributed by atoms with Crippen LogP contribution in [0.1, 0.15) is 37.2 Å². The van der Waals surface area contributed by atoms with E-state index in [9.17, 15) is 18.0 Å². The van der Waals surface area contributed by atoms with E-state index < -0.39 is 18.0 Å². The number of aryl methyl sites for hydroxylation is 1. The summed E-state index contributed by atoms with van der Waals surface area (Å²) >= 11 is 0. The van der Waals surface area contributed by atoms with Crippen molar-refractivity contribution < 1.29 is 22.4 Å². The second kappa shape index (κ2) is 9.40. The number of hydrogen-bond acceptors (Lipinski definition) is 6. The number of hydrogen-bond donors (Lipinski definition) is 3. The largest absolute Gasteiger partial charge is 0.455 e. The van der Waals surface area contributed by atoms with Crippen molar-refractivity contribution in [2.45, 2.75) is 50.9 Å². The fourth-order valence-electron chi connectivity index (χ4n) is 4.19. The summed E-state index contributed by atoms with van der Waals surface area (Å²) in [6.45, 7) is 1.40. The van der Waals surface area contributed by atoms with Crippen LogP contribution in [0.25, 0.3) is 10.9 Å². The summed E-state index contributed by atoms with van der Waals surface area (Å²) in [5.41, 5.74) is 0.464. The van der Waals surface area contributed by atoms with Crippen LogP contribution >= 0.6 is 0 Å². The van der Waals surface area contributed by atoms with Crippen molar-refractivity contribution in [3.63, 3.8) is 0 Å². The number of nitrogens with zero attached hydrogens (tertiary/aromatic N) is 3. The van der Waals surface area contributed by atoms with Crippen molar-refractivity contribution in [2.75, 3.05) is 29.6 Å². The number of anilines is 3. The van der Waals surface area contributed by atoms with Crippen LogP contribution in [0.5, 0.6) is 0 Å². The fourth-order valence-corrected chi connectivity index (χ4v) is 4.19. The third-order valence-electron chi connectivity index (χ3n) is 5.76. The fraction of sp³-hybridized carbons (Fsp3) is 0.435. The molecule has 1 saturated carbocycles. The number of benzene rings is 1. The van der Waals surface area contributed by atoms with Gasteiger partial charge in [-0.2, -0.15) is 18.2 Å². The van der Waals surface area contributed by atoms with Crippen LogP contribution in [0.2, 0.25) is 0 Å². The molecule has 0 spiro atoms. The normalized spacial score (nSPS) is 18.5. The quantitative estimate of drug-likeness (QED) is 0.471. The summed E-state index contributed by atoms with van der Waals surface area (Å²) in [7, 11) is 3.87. The van der Waals surface area contributed by atoms with E-state index in [-0.39, 0.29) is 23.5 Å². The van der Waals surface area contributed by atoms with E-state index in [2.05, 4.69) is 25.9 Å². The Bertz CT molecular complexity index is 1170. The van der Waals surface area contributed by atoms with Gasteiger partial charge in [-0.1, -0.05) is 12.1 Å². The number of carbonyl (C=O) groups is 1. The molecular weight excluding hydrogens is 449 g/mol. The van der Waals surface area contributed by atoms with Gasteiger partial charge in [-0.25, -0.2) is 9.78 Å². The van der Waals surface area contributed by atoms with Crippen LogP contribution in [0.4, 0.5) is 35.4 Å². The standard InChI is InChI=1S/C23H27F3N6O2/c1-13-12-18(19(34-13)23(24,25)26)30-22(33)28-15-10-8-14(9-11-15)27-21-29-17-7-5-4-6-16(17)20(31-21)32(2)3/h4-7,12,14-15H,8-11H2,1-3H3,(H,27,29,31)(H2,28,30,33). The minimum atomic E-state index is -4.68. The van der Waals surface area contributed by atoms with Gasteiger partial charge in [0, 0.05) is 37.6 Å². The Balaban J connectivity index is 1.33. The molecular formula is C23H27F3N6O2. The van der Waals surface area contributed by atoms with Gasteiger partial charge in [0.05, 0.1) is 11.2 Å². The number of halogens is 3. The van der Waals surface area contributed by atoms with Gasteiger partial charge in [-0.3, -0.25) is 0 Å². The average molecular weight is 477 g/mol. The Hall–Kier alpha value is -3.50. The van der Waals surface area contributed by atoms with Crippen molar-refractivity contribution >= 4 is 34.4 Å². The summed E-state index contributed by atoms with van der Waals surface area (Å²) < 4.78 is 43.9. The second-order valence-corrected chi connectivity index (χ2v) is 8.67. The Labute approximate surface area is 194 Å². The zero-order chi connectivity index (χ0) is 24.5. The van der Waals surface area contributed by atoms with E-state index in [1.54, 1.807) is 0 Å². The molecule has 0 atom stereocenters. The molecule has 3 aromatic rings. The lowest BCUT2D eigenvalue weighted by Gasteiger charge is -2.30. The average Bonchev–Trinajstić information content (AvgIpc) is 3.15. The highest BCUT2D eigenvalue weighted by atomic mass is 19.4. The highest BCUT2D eigenvalue weighted by Gasteiger charge is 2.39. The molecule has 34 heavy (non-hydrogen) atoms. The molecule has 1 fully saturated rings. The molecule has 0 aliphatic heterocycles. The van der Waals surface area contributed by atoms with E-state index in [1.807, 2.05) is 43.3 Å². The summed E-state index contributed by atoms with van der Waals surface area (Å²) in [6, 6.07) is 8.28. The van der Waals surface area contributed by atoms with Gasteiger partial charge < -0.3 is 25.3 Å². The summed E-state index contributed by atoms with van der Waals surface area (Å²) in [5, 5.41) is 9.39. The van der Waals surface area contributed by atoms with Gasteiger partial charge in [0.2, 0.25) is 11.7 Å². The van der Waals surface area contributed by atoms with Crippen molar-refractivity contribution in [3.8, 4) is 0 Å². The maximum atomic E-state index is 13.1. The summed E-state index contributed by atoms with van der Waals surface area (Å²) in [6.07, 6.45) is -1.81. The van der Waals surface area contributed by atoms with Crippen molar-refractivity contribution in [2.24, 2.45) is 0 Å². The molecule has 2 amide bonds. The van der Waals surface area contributed by atoms with Gasteiger partial charge in [0.1, 0.15) is 11.6 Å². The topological polar surface area (TPSA) is 95.3 Å². The Morgan fingerprint density at radius 2 is 1.76 bits per heavy atom. The molecule has 0 radical (unpaired) electrons. The van der Waals surface area contributed by atoms with E-state index in [0.717, 1.165) is 35.6 Å². The number of para-hydroxylation sites is 1. The molecule has 0 saturated heterocycles. The van der Waals surface area contributed by atoms with Crippen LogP contribution in [-0.2, 0) is 6.18 Å². The molecule has 11 heteroatoms. The Kier molecular flexibility index (Phi) is 6.54. The van der Waals surface area contributed by atoms with E-state index in [1.165, 1.54) is 6.92 Å². The molecule has 2 heterocycles. The highest BCUT2D eigenvalue weighted by molar-refractivity contribution is 5.91. The SMILES string of the molecule is Cc1cc(NC(=O)NC2CCC(Nc3nc(N(C)C)c4ccccc4n3)CC2)c(C(F)(F)F)o1. The number of fused-ring (bicyclic) bond motifs is 1. The first-order valence-corrected chi connectivity index (χ1v) is 11.1. The van der Waals surface area contributed by atoms with Gasteiger partial charge in [-0.05, 0) is 44.7 Å². The zero-order valence-corrected chi connectivity index (χ0v) is 19.2. The van der Waals surface area contributed by atoms with E-state index in [0.29, 0.717) is 18.8 Å². The minimum Gasteiger partial charge on any atom is -0.455 e. The number of nitrogens with one attached hydrogen (secondary N) is 3. The van der Waals surface area contributed by atoms with Crippen LogP contribution in [-0.4, -0.2) is 42.2 Å². The van der Waals surface area contributed by atoms with Gasteiger partial charge in [-0.15, -0.1) is 0 Å². The summed E-state index contributed by atoms with van der Waals surface area (Å²) in [4.78, 5) is 23.5. The van der Waals surface area contributed by atoms with Crippen LogP contribution < -0.4 is 20.9 Å². The number of alkyl halides is 3. The van der Waals surface area contributed by atoms with Crippen LogP contribution in [0.3, 0.4) is 0 Å². The highest BCUT2D eigenvalue weighted by Crippen LogP contribution is 2.37. The first-order valence-electron chi connectivity index (χ1n) is 11.1. The lowest BCUT2D eigenvalue weighted by atomic mass is 9.91. The predicted octanol–water partition coefficient (Wildman–Crippen LogP) is 5.16. The number of carbonyl (C=O) groups excluding carboxylic acids is 1. The third kappa shape index (κ3) is 5.35. The molecule has 8 nitrogen and oxygen atoms in total. The number of aromatic nitrogens is 2. The van der Waals surface area contributed by atoms with Gasteiger partial charge in [0.25, 0.3) is 0 Å². The minimum absolute atomic E-state index is 0.0718. The van der Waals surface area contributed by atoms with Gasteiger partial charge >= 0.3 is 12.2 Å². The number of furan rings is 1. The van der Waals surface area contributed by atoms with Gasteiger partial charge in [0.15, 0.2) is 0 Å². The van der Waals surface area contributed by atoms with Crippen molar-refractivity contribution in [1.29, 1.82) is 0 Å². The maximum absolute atomic E-state index is 13.1. The lowest BCUT2D eigenvalue weighted by molar-refractivity contribution is -0.152. The molecule has 182 valence electrons. The molecule has 3 N–H and O–H groups in total. The molecule has 1 aromatic carbocycles. The van der Waals surface area contributed by atoms with E-state index in [4.69, 9.17) is 4.42 Å². The first kappa shape index (κ1) is 23.7. The second-order valence-electron chi connectivity index (χ2n) is 8.67. The van der Waals surface area contributed by atoms with Crippen molar-refractivity contribution in [3.05, 3.63) is 41.9 Å². The predicted molar refractivity (Wildman–Crippen MR) is 124 cm³/mol. The number of urea groups is 1. The number of rotatable bonds is 5. The van der Waals surface area contributed by atoms with Crippen LogP contribution in [0, 0.1) is 6.92 Å². The Morgan fingerprint density at radius 1 is 1.09 bits per heavy atom. The molecule has 4 rings (SSSR count). The molecule has 1 aliphatic carbocycles. The molecule has 1 aliphatic rings. The lowest BCUT2D eigenvalue weighted by Crippen LogP contribution is -2.42. The monoisotopic (exact) mass is 476 g/mol. The molecule has 0 unspecified atom stereocenters. The smallest absolute Gasteiger partial charge is 0.451 e. The first-order chi connectivity index (χ1) is 16.1. The third-order valence-corrected chi connectivity index (χ3v) is 5.76. The van der Waals surface area contributed by atoms with E-state index >= 15 is 0 Å². The maximum Gasteiger partial charge on any atom is 0.451 e. The van der Waals surface area contributed by atoms with Crippen LogP contribution in [0.15, 0.2) is 34.7 Å². The van der Waals surface area contributed by atoms with Crippen molar-refractivity contribution in [1.82, 2.24) is 15.3 Å². The number of amides is 2. The zero-order valence-electron chi connectivity index (χ0n) is 19.2. The summed E-state index contributed by atoms with van der Waals surface area (Å²) in [5.74, 6) is 0.238. The molecule has 0 bridgehead atoms.